The van der Waals surface area contributed by atoms with Crippen molar-refractivity contribution in [1.29, 1.82) is 0 Å². The van der Waals surface area contributed by atoms with E-state index >= 15 is 0 Å². The van der Waals surface area contributed by atoms with Crippen LogP contribution in [0.3, 0.4) is 0 Å². The number of nitrogens with zero attached hydrogens (tertiary/aromatic N) is 2. The maximum atomic E-state index is 12.1. The highest BCUT2D eigenvalue weighted by molar-refractivity contribution is 5.43. The summed E-state index contributed by atoms with van der Waals surface area (Å²) in [7, 11) is 2.02. The molecule has 0 amide bonds. The minimum atomic E-state index is -0.0578. The van der Waals surface area contributed by atoms with Crippen molar-refractivity contribution in [3.05, 3.63) is 26.9 Å². The summed E-state index contributed by atoms with van der Waals surface area (Å²) < 4.78 is 0. The van der Waals surface area contributed by atoms with Crippen LogP contribution in [-0.2, 0) is 0 Å². The van der Waals surface area contributed by atoms with Gasteiger partial charge in [-0.25, -0.2) is 0 Å². The number of hydrogen-bond acceptors (Lipinski definition) is 4. The third-order valence-electron chi connectivity index (χ3n) is 4.02. The third kappa shape index (κ3) is 2.78. The second-order valence-electron chi connectivity index (χ2n) is 5.19. The third-order valence-corrected chi connectivity index (χ3v) is 4.02. The Bertz CT molecular complexity index is 635. The van der Waals surface area contributed by atoms with Gasteiger partial charge in [-0.05, 0) is 32.2 Å². The average Bonchev–Trinajstić information content (AvgIpc) is 2.46. The van der Waals surface area contributed by atoms with E-state index in [2.05, 4.69) is 14.8 Å². The average molecular weight is 277 g/mol. The van der Waals surface area contributed by atoms with E-state index in [4.69, 9.17) is 0 Å². The number of rotatable bonds is 2. The number of aromatic amines is 1. The molecule has 2 rings (SSSR count). The van der Waals surface area contributed by atoms with E-state index in [0.717, 1.165) is 30.7 Å². The summed E-state index contributed by atoms with van der Waals surface area (Å²) in [5.41, 5.74) is -0.0578. The molecule has 2 N–H and O–H groups in total. The standard InChI is InChI=1S/C15H23N3O2/c1-4-11-8-14(16-15(20)13(11)5-2)18-7-6-17(3)12(9-18)10-19/h4-5,8,12,19H,6-7,9-10H2,1-3H3,(H,16,20)/b11-4-,13-5+/t12-/m0/s1. The van der Waals surface area contributed by atoms with Gasteiger partial charge in [0.05, 0.1) is 12.6 Å². The van der Waals surface area contributed by atoms with Crippen LogP contribution in [-0.4, -0.2) is 54.3 Å². The van der Waals surface area contributed by atoms with Crippen LogP contribution >= 0.6 is 0 Å². The molecule has 0 aromatic carbocycles. The first kappa shape index (κ1) is 14.8. The van der Waals surface area contributed by atoms with Crippen molar-refractivity contribution < 1.29 is 5.11 Å². The molecular weight excluding hydrogens is 254 g/mol. The molecule has 1 aromatic rings. The Morgan fingerprint density at radius 3 is 2.75 bits per heavy atom. The monoisotopic (exact) mass is 277 g/mol. The number of nitrogens with one attached hydrogen (secondary N) is 1. The van der Waals surface area contributed by atoms with Gasteiger partial charge < -0.3 is 15.0 Å². The van der Waals surface area contributed by atoms with Crippen LogP contribution in [0.25, 0.3) is 12.2 Å². The second-order valence-corrected chi connectivity index (χ2v) is 5.19. The lowest BCUT2D eigenvalue weighted by Gasteiger charge is -2.39. The number of hydrogen-bond donors (Lipinski definition) is 2. The topological polar surface area (TPSA) is 59.6 Å². The molecule has 110 valence electrons. The molecule has 5 heteroatoms. The first-order valence-corrected chi connectivity index (χ1v) is 7.02. The summed E-state index contributed by atoms with van der Waals surface area (Å²) in [5.74, 6) is 0.834. The highest BCUT2D eigenvalue weighted by Crippen LogP contribution is 2.13. The van der Waals surface area contributed by atoms with Crippen LogP contribution in [0.2, 0.25) is 0 Å². The van der Waals surface area contributed by atoms with Gasteiger partial charge >= 0.3 is 0 Å². The van der Waals surface area contributed by atoms with Crippen LogP contribution in [0.1, 0.15) is 13.8 Å². The normalized spacial score (nSPS) is 22.6. The Labute approximate surface area is 118 Å². The second kappa shape index (κ2) is 6.24. The van der Waals surface area contributed by atoms with Crippen molar-refractivity contribution in [2.24, 2.45) is 0 Å². The van der Waals surface area contributed by atoms with Gasteiger partial charge in [0.2, 0.25) is 0 Å². The summed E-state index contributed by atoms with van der Waals surface area (Å²) >= 11 is 0. The SMILES string of the molecule is C/C=c1/cc(N2CCN(C)[C@H](CO)C2)[nH]c(=O)/c1=C/C. The Balaban J connectivity index is 2.40. The fourth-order valence-electron chi connectivity index (χ4n) is 2.64. The Morgan fingerprint density at radius 1 is 1.40 bits per heavy atom. The zero-order valence-electron chi connectivity index (χ0n) is 12.4. The molecule has 0 radical (unpaired) electrons. The molecule has 1 fully saturated rings. The first-order valence-electron chi connectivity index (χ1n) is 7.02. The molecule has 0 spiro atoms. The van der Waals surface area contributed by atoms with E-state index in [1.54, 1.807) is 0 Å². The molecule has 5 nitrogen and oxygen atoms in total. The van der Waals surface area contributed by atoms with E-state index in [1.807, 2.05) is 39.1 Å². The summed E-state index contributed by atoms with van der Waals surface area (Å²) in [5, 5.41) is 11.1. The maximum Gasteiger partial charge on any atom is 0.257 e. The van der Waals surface area contributed by atoms with Crippen LogP contribution in [0.5, 0.6) is 0 Å². The molecule has 1 atom stereocenters. The molecule has 0 unspecified atom stereocenters. The van der Waals surface area contributed by atoms with Crippen LogP contribution in [0.4, 0.5) is 5.82 Å². The first-order chi connectivity index (χ1) is 9.60. The summed E-state index contributed by atoms with van der Waals surface area (Å²) in [4.78, 5) is 19.3. The van der Waals surface area contributed by atoms with Crippen LogP contribution in [0.15, 0.2) is 10.9 Å². The van der Waals surface area contributed by atoms with Crippen LogP contribution in [0, 0.1) is 0 Å². The lowest BCUT2D eigenvalue weighted by Crippen LogP contribution is -2.54. The van der Waals surface area contributed by atoms with Gasteiger partial charge in [0.15, 0.2) is 0 Å². The van der Waals surface area contributed by atoms with Crippen molar-refractivity contribution in [2.75, 3.05) is 38.2 Å². The molecule has 20 heavy (non-hydrogen) atoms. The Morgan fingerprint density at radius 2 is 2.15 bits per heavy atom. The molecule has 1 aromatic heterocycles. The molecule has 0 bridgehead atoms. The van der Waals surface area contributed by atoms with Crippen molar-refractivity contribution in [1.82, 2.24) is 9.88 Å². The quantitative estimate of drug-likeness (QED) is 0.735. The fourth-order valence-corrected chi connectivity index (χ4v) is 2.64. The number of pyridine rings is 1. The number of anilines is 1. The Hall–Kier alpha value is -1.59. The number of H-pyrrole nitrogens is 1. The molecule has 1 aliphatic heterocycles. The lowest BCUT2D eigenvalue weighted by molar-refractivity contribution is 0.135. The predicted molar refractivity (Wildman–Crippen MR) is 82.3 cm³/mol. The molecule has 2 heterocycles. The zero-order chi connectivity index (χ0) is 14.7. The van der Waals surface area contributed by atoms with Gasteiger partial charge in [0, 0.05) is 24.9 Å². The van der Waals surface area contributed by atoms with Gasteiger partial charge in [0.25, 0.3) is 5.56 Å². The maximum absolute atomic E-state index is 12.1. The van der Waals surface area contributed by atoms with Gasteiger partial charge in [0.1, 0.15) is 5.82 Å². The summed E-state index contributed by atoms with van der Waals surface area (Å²) in [6.45, 7) is 6.38. The lowest BCUT2D eigenvalue weighted by atomic mass is 10.2. The molecule has 0 saturated carbocycles. The predicted octanol–water partition coefficient (Wildman–Crippen LogP) is -0.912. The van der Waals surface area contributed by atoms with E-state index < -0.39 is 0 Å². The molecule has 1 saturated heterocycles. The van der Waals surface area contributed by atoms with Crippen molar-refractivity contribution >= 4 is 18.0 Å². The molecular formula is C15H23N3O2. The van der Waals surface area contributed by atoms with Gasteiger partial charge in [-0.1, -0.05) is 12.2 Å². The summed E-state index contributed by atoms with van der Waals surface area (Å²) in [6, 6.07) is 2.12. The van der Waals surface area contributed by atoms with Crippen LogP contribution < -0.4 is 20.9 Å². The largest absolute Gasteiger partial charge is 0.395 e. The van der Waals surface area contributed by atoms with Gasteiger partial charge in [-0.2, -0.15) is 0 Å². The summed E-state index contributed by atoms with van der Waals surface area (Å²) in [6.07, 6.45) is 3.78. The number of piperazine rings is 1. The smallest absolute Gasteiger partial charge is 0.257 e. The number of aromatic nitrogens is 1. The minimum Gasteiger partial charge on any atom is -0.395 e. The van der Waals surface area contributed by atoms with E-state index in [1.165, 1.54) is 0 Å². The minimum absolute atomic E-state index is 0.0578. The molecule has 1 aliphatic rings. The van der Waals surface area contributed by atoms with E-state index in [9.17, 15) is 9.90 Å². The van der Waals surface area contributed by atoms with Crippen molar-refractivity contribution in [3.63, 3.8) is 0 Å². The molecule has 0 aliphatic carbocycles. The van der Waals surface area contributed by atoms with Gasteiger partial charge in [-0.15, -0.1) is 0 Å². The highest BCUT2D eigenvalue weighted by Gasteiger charge is 2.24. The Kier molecular flexibility index (Phi) is 4.62. The highest BCUT2D eigenvalue weighted by atomic mass is 16.3. The van der Waals surface area contributed by atoms with Crippen molar-refractivity contribution in [2.45, 2.75) is 19.9 Å². The number of aliphatic hydroxyl groups excluding tert-OH is 1. The van der Waals surface area contributed by atoms with E-state index in [0.29, 0.717) is 5.22 Å². The van der Waals surface area contributed by atoms with E-state index in [-0.39, 0.29) is 18.2 Å². The van der Waals surface area contributed by atoms with Gasteiger partial charge in [-0.3, -0.25) is 9.69 Å². The number of likely N-dealkylation sites (N-methyl/N-ethyl adjacent to an activating group) is 1. The van der Waals surface area contributed by atoms with Crippen molar-refractivity contribution in [3.8, 4) is 0 Å². The zero-order valence-corrected chi connectivity index (χ0v) is 12.4. The fraction of sp³-hybridized carbons (Fsp3) is 0.533. The number of aliphatic hydroxyl groups is 1.